The quantitative estimate of drug-likeness (QED) is 0.787. The van der Waals surface area contributed by atoms with Gasteiger partial charge in [-0.3, -0.25) is 4.90 Å². The van der Waals surface area contributed by atoms with E-state index >= 15 is 0 Å². The molecule has 1 N–H and O–H groups in total. The Morgan fingerprint density at radius 1 is 1.29 bits per heavy atom. The smallest absolute Gasteiger partial charge is 0.244 e. The van der Waals surface area contributed by atoms with Gasteiger partial charge in [-0.2, -0.15) is 4.98 Å². The molecule has 1 aliphatic heterocycles. The zero-order chi connectivity index (χ0) is 16.5. The number of aromatic nitrogens is 3. The van der Waals surface area contributed by atoms with Gasteiger partial charge in [-0.05, 0) is 25.5 Å². The molecule has 0 amide bonds. The molecular formula is C17H18N4O3. The maximum Gasteiger partial charge on any atom is 0.244 e. The van der Waals surface area contributed by atoms with E-state index in [0.29, 0.717) is 37.1 Å². The third-order valence-corrected chi connectivity index (χ3v) is 4.14. The van der Waals surface area contributed by atoms with Gasteiger partial charge >= 0.3 is 0 Å². The summed E-state index contributed by atoms with van der Waals surface area (Å²) in [7, 11) is 0. The molecule has 0 saturated carbocycles. The highest BCUT2D eigenvalue weighted by Gasteiger charge is 2.36. The number of aliphatic hydroxyl groups is 1. The van der Waals surface area contributed by atoms with Crippen molar-refractivity contribution in [1.29, 1.82) is 0 Å². The number of nitrogens with zero attached hydrogens (tertiary/aromatic N) is 4. The summed E-state index contributed by atoms with van der Waals surface area (Å²) in [5.74, 6) is 2.46. The van der Waals surface area contributed by atoms with Gasteiger partial charge in [-0.25, -0.2) is 4.98 Å². The molecule has 0 unspecified atom stereocenters. The summed E-state index contributed by atoms with van der Waals surface area (Å²) >= 11 is 0. The van der Waals surface area contributed by atoms with Gasteiger partial charge in [0.15, 0.2) is 5.82 Å². The molecule has 0 bridgehead atoms. The van der Waals surface area contributed by atoms with Crippen molar-refractivity contribution < 1.29 is 14.0 Å². The number of rotatable bonds is 4. The van der Waals surface area contributed by atoms with E-state index in [4.69, 9.17) is 8.94 Å². The van der Waals surface area contributed by atoms with E-state index in [2.05, 4.69) is 20.0 Å². The van der Waals surface area contributed by atoms with Crippen molar-refractivity contribution in [3.63, 3.8) is 0 Å². The number of hydrogen-bond donors (Lipinski definition) is 1. The Morgan fingerprint density at radius 3 is 2.88 bits per heavy atom. The standard InChI is InChI=1S/C17H18N4O3/c1-11-19-17(24-20-11)15-7-13(22)9-21(15)10-14-8-18-16(23-14)12-5-3-2-4-6-12/h2-6,8,13,15,22H,7,9-10H2,1H3/t13-,15-/m1/s1. The molecule has 2 aromatic heterocycles. The van der Waals surface area contributed by atoms with Gasteiger partial charge in [-0.1, -0.05) is 23.4 Å². The van der Waals surface area contributed by atoms with Crippen LogP contribution < -0.4 is 0 Å². The summed E-state index contributed by atoms with van der Waals surface area (Å²) in [6, 6.07) is 9.66. The fourth-order valence-corrected chi connectivity index (χ4v) is 3.05. The van der Waals surface area contributed by atoms with Crippen LogP contribution in [0.15, 0.2) is 45.5 Å². The molecule has 3 heterocycles. The molecule has 1 aliphatic rings. The van der Waals surface area contributed by atoms with Crippen molar-refractivity contribution in [2.45, 2.75) is 32.0 Å². The highest BCUT2D eigenvalue weighted by molar-refractivity contribution is 5.52. The van der Waals surface area contributed by atoms with Crippen LogP contribution in [0.2, 0.25) is 0 Å². The van der Waals surface area contributed by atoms with Crippen LogP contribution >= 0.6 is 0 Å². The highest BCUT2D eigenvalue weighted by Crippen LogP contribution is 2.33. The predicted molar refractivity (Wildman–Crippen MR) is 84.7 cm³/mol. The first-order chi connectivity index (χ1) is 11.7. The molecule has 7 nitrogen and oxygen atoms in total. The first-order valence-electron chi connectivity index (χ1n) is 7.91. The van der Waals surface area contributed by atoms with E-state index in [1.165, 1.54) is 0 Å². The van der Waals surface area contributed by atoms with E-state index in [9.17, 15) is 5.11 Å². The molecule has 124 valence electrons. The Balaban J connectivity index is 1.53. The van der Waals surface area contributed by atoms with Crippen molar-refractivity contribution in [1.82, 2.24) is 20.0 Å². The van der Waals surface area contributed by atoms with Crippen LogP contribution in [0.3, 0.4) is 0 Å². The largest absolute Gasteiger partial charge is 0.440 e. The molecular weight excluding hydrogens is 308 g/mol. The van der Waals surface area contributed by atoms with Crippen LogP contribution in [0.5, 0.6) is 0 Å². The second kappa shape index (κ2) is 6.18. The van der Waals surface area contributed by atoms with Crippen LogP contribution in [0, 0.1) is 6.92 Å². The van der Waals surface area contributed by atoms with E-state index in [1.807, 2.05) is 30.3 Å². The fraction of sp³-hybridized carbons (Fsp3) is 0.353. The SMILES string of the molecule is Cc1noc([C@H]2C[C@@H](O)CN2Cc2cnc(-c3ccccc3)o2)n1. The summed E-state index contributed by atoms with van der Waals surface area (Å²) in [5.41, 5.74) is 0.939. The molecule has 3 aromatic rings. The molecule has 7 heteroatoms. The van der Waals surface area contributed by atoms with Crippen molar-refractivity contribution in [2.75, 3.05) is 6.54 Å². The summed E-state index contributed by atoms with van der Waals surface area (Å²) in [6.45, 7) is 2.85. The average molecular weight is 326 g/mol. The lowest BCUT2D eigenvalue weighted by atomic mass is 10.2. The highest BCUT2D eigenvalue weighted by atomic mass is 16.5. The number of benzene rings is 1. The molecule has 0 spiro atoms. The van der Waals surface area contributed by atoms with Crippen molar-refractivity contribution in [3.8, 4) is 11.5 Å². The van der Waals surface area contributed by atoms with E-state index < -0.39 is 6.10 Å². The molecule has 2 atom stereocenters. The lowest BCUT2D eigenvalue weighted by Gasteiger charge is -2.19. The van der Waals surface area contributed by atoms with Gasteiger partial charge in [0.2, 0.25) is 11.8 Å². The topological polar surface area (TPSA) is 88.4 Å². The molecule has 0 radical (unpaired) electrons. The third-order valence-electron chi connectivity index (χ3n) is 4.14. The van der Waals surface area contributed by atoms with Crippen LogP contribution in [0.25, 0.3) is 11.5 Å². The van der Waals surface area contributed by atoms with Gasteiger partial charge < -0.3 is 14.0 Å². The van der Waals surface area contributed by atoms with Gasteiger partial charge in [0.1, 0.15) is 5.76 Å². The third kappa shape index (κ3) is 2.95. The van der Waals surface area contributed by atoms with E-state index in [0.717, 1.165) is 11.3 Å². The lowest BCUT2D eigenvalue weighted by molar-refractivity contribution is 0.163. The summed E-state index contributed by atoms with van der Waals surface area (Å²) in [6.07, 6.45) is 1.88. The normalized spacial score (nSPS) is 21.4. The van der Waals surface area contributed by atoms with Crippen molar-refractivity contribution >= 4 is 0 Å². The maximum absolute atomic E-state index is 10.0. The zero-order valence-corrected chi connectivity index (χ0v) is 13.3. The predicted octanol–water partition coefficient (Wildman–Crippen LogP) is 2.34. The Labute approximate surface area is 138 Å². The van der Waals surface area contributed by atoms with Gasteiger partial charge in [0.25, 0.3) is 0 Å². The lowest BCUT2D eigenvalue weighted by Crippen LogP contribution is -2.24. The van der Waals surface area contributed by atoms with E-state index in [1.54, 1.807) is 13.1 Å². The maximum atomic E-state index is 10.0. The molecule has 0 aliphatic carbocycles. The number of β-amino-alcohol motifs (C(OH)–C–C–N with tert-alkyl or cyclic N) is 1. The Bertz CT molecular complexity index is 814. The van der Waals surface area contributed by atoms with Crippen LogP contribution in [0.1, 0.15) is 29.9 Å². The minimum atomic E-state index is -0.418. The number of oxazole rings is 1. The monoisotopic (exact) mass is 326 g/mol. The number of hydrogen-bond acceptors (Lipinski definition) is 7. The molecule has 1 aromatic carbocycles. The summed E-state index contributed by atoms with van der Waals surface area (Å²) in [5, 5.41) is 13.9. The van der Waals surface area contributed by atoms with Crippen LogP contribution in [-0.4, -0.2) is 37.8 Å². The molecule has 1 fully saturated rings. The average Bonchev–Trinajstić information content (AvgIpc) is 3.29. The number of aryl methyl sites for hydroxylation is 1. The number of aliphatic hydroxyl groups excluding tert-OH is 1. The first-order valence-corrected chi connectivity index (χ1v) is 7.91. The fourth-order valence-electron chi connectivity index (χ4n) is 3.05. The van der Waals surface area contributed by atoms with Gasteiger partial charge in [-0.15, -0.1) is 0 Å². The Morgan fingerprint density at radius 2 is 2.12 bits per heavy atom. The van der Waals surface area contributed by atoms with Gasteiger partial charge in [0, 0.05) is 12.1 Å². The number of likely N-dealkylation sites (tertiary alicyclic amines) is 1. The van der Waals surface area contributed by atoms with Crippen molar-refractivity contribution in [2.24, 2.45) is 0 Å². The minimum absolute atomic E-state index is 0.105. The molecule has 1 saturated heterocycles. The van der Waals surface area contributed by atoms with Crippen LogP contribution in [0.4, 0.5) is 0 Å². The summed E-state index contributed by atoms with van der Waals surface area (Å²) < 4.78 is 11.1. The molecule has 24 heavy (non-hydrogen) atoms. The second-order valence-electron chi connectivity index (χ2n) is 6.01. The zero-order valence-electron chi connectivity index (χ0n) is 13.3. The Kier molecular flexibility index (Phi) is 3.87. The molecule has 4 rings (SSSR count). The van der Waals surface area contributed by atoms with Gasteiger partial charge in [0.05, 0.1) is 24.9 Å². The first kappa shape index (κ1) is 15.0. The summed E-state index contributed by atoms with van der Waals surface area (Å²) in [4.78, 5) is 10.7. The van der Waals surface area contributed by atoms with Crippen molar-refractivity contribution in [3.05, 3.63) is 54.0 Å². The van der Waals surface area contributed by atoms with Crippen LogP contribution in [-0.2, 0) is 6.54 Å². The minimum Gasteiger partial charge on any atom is -0.440 e. The Hall–Kier alpha value is -2.51. The van der Waals surface area contributed by atoms with E-state index in [-0.39, 0.29) is 6.04 Å². The second-order valence-corrected chi connectivity index (χ2v) is 6.01.